The predicted octanol–water partition coefficient (Wildman–Crippen LogP) is 2.55. The Morgan fingerprint density at radius 3 is 2.56 bits per heavy atom. The summed E-state index contributed by atoms with van der Waals surface area (Å²) in [5.41, 5.74) is 1.60. The van der Waals surface area contributed by atoms with Crippen LogP contribution >= 0.6 is 15.9 Å². The molecule has 98 valence electrons. The third kappa shape index (κ3) is 3.57. The predicted molar refractivity (Wildman–Crippen MR) is 72.6 cm³/mol. The van der Waals surface area contributed by atoms with Crippen LogP contribution in [0.1, 0.15) is 22.8 Å². The second-order valence-electron chi connectivity index (χ2n) is 4.39. The van der Waals surface area contributed by atoms with E-state index in [0.29, 0.717) is 5.56 Å². The van der Waals surface area contributed by atoms with E-state index < -0.39 is 11.9 Å². The largest absolute Gasteiger partial charge is 0.481 e. The van der Waals surface area contributed by atoms with E-state index in [1.54, 1.807) is 26.1 Å². The van der Waals surface area contributed by atoms with E-state index in [0.717, 1.165) is 10.0 Å². The average Bonchev–Trinajstić information content (AvgIpc) is 2.31. The zero-order valence-corrected chi connectivity index (χ0v) is 12.2. The molecular formula is C13H16BrNO3. The smallest absolute Gasteiger partial charge is 0.308 e. The zero-order chi connectivity index (χ0) is 13.9. The number of benzene rings is 1. The van der Waals surface area contributed by atoms with Crippen molar-refractivity contribution in [2.24, 2.45) is 5.92 Å². The quantitative estimate of drug-likeness (QED) is 0.929. The van der Waals surface area contributed by atoms with E-state index in [2.05, 4.69) is 15.9 Å². The number of hydrogen-bond acceptors (Lipinski definition) is 2. The van der Waals surface area contributed by atoms with Crippen molar-refractivity contribution in [1.82, 2.24) is 4.90 Å². The maximum absolute atomic E-state index is 12.1. The van der Waals surface area contributed by atoms with E-state index in [9.17, 15) is 9.59 Å². The van der Waals surface area contributed by atoms with Crippen LogP contribution < -0.4 is 0 Å². The summed E-state index contributed by atoms with van der Waals surface area (Å²) in [6, 6.07) is 5.34. The molecule has 5 heteroatoms. The van der Waals surface area contributed by atoms with Gasteiger partial charge in [0.2, 0.25) is 0 Å². The van der Waals surface area contributed by atoms with Crippen molar-refractivity contribution in [3.05, 3.63) is 33.8 Å². The lowest BCUT2D eigenvalue weighted by atomic mass is 10.1. The van der Waals surface area contributed by atoms with E-state index >= 15 is 0 Å². The monoisotopic (exact) mass is 313 g/mol. The Labute approximate surface area is 115 Å². The number of carbonyl (C=O) groups excluding carboxylic acids is 1. The molecule has 1 aromatic carbocycles. The summed E-state index contributed by atoms with van der Waals surface area (Å²) in [4.78, 5) is 24.3. The molecule has 0 saturated carbocycles. The minimum absolute atomic E-state index is 0.177. The number of carboxylic acid groups (broad SMARTS) is 1. The number of carbonyl (C=O) groups is 2. The number of rotatable bonds is 4. The number of carboxylic acids is 1. The van der Waals surface area contributed by atoms with Crippen LogP contribution in [-0.4, -0.2) is 35.5 Å². The molecule has 0 fully saturated rings. The highest BCUT2D eigenvalue weighted by molar-refractivity contribution is 9.10. The molecule has 0 bridgehead atoms. The van der Waals surface area contributed by atoms with Gasteiger partial charge in [0.1, 0.15) is 0 Å². The van der Waals surface area contributed by atoms with Gasteiger partial charge < -0.3 is 10.0 Å². The number of nitrogens with zero attached hydrogens (tertiary/aromatic N) is 1. The Morgan fingerprint density at radius 1 is 1.44 bits per heavy atom. The van der Waals surface area contributed by atoms with E-state index in [1.807, 2.05) is 13.0 Å². The second-order valence-corrected chi connectivity index (χ2v) is 5.24. The molecule has 1 rings (SSSR count). The number of aliphatic carboxylic acids is 1. The number of amides is 1. The van der Waals surface area contributed by atoms with Crippen molar-refractivity contribution >= 4 is 27.8 Å². The van der Waals surface area contributed by atoms with E-state index in [-0.39, 0.29) is 12.5 Å². The van der Waals surface area contributed by atoms with Gasteiger partial charge in [-0.2, -0.15) is 0 Å². The van der Waals surface area contributed by atoms with Gasteiger partial charge in [0.05, 0.1) is 5.92 Å². The molecule has 0 unspecified atom stereocenters. The van der Waals surface area contributed by atoms with Gasteiger partial charge in [-0.1, -0.05) is 28.9 Å². The average molecular weight is 314 g/mol. The van der Waals surface area contributed by atoms with E-state index in [4.69, 9.17) is 5.11 Å². The molecule has 1 amide bonds. The maximum atomic E-state index is 12.1. The maximum Gasteiger partial charge on any atom is 0.308 e. The van der Waals surface area contributed by atoms with Gasteiger partial charge in [-0.25, -0.2) is 0 Å². The third-order valence-corrected chi connectivity index (χ3v) is 3.59. The standard InChI is InChI=1S/C13H16BrNO3/c1-8-4-5-10(6-11(8)14)12(16)15(3)7-9(2)13(17)18/h4-6,9H,7H2,1-3H3,(H,17,18)/t9-/m1/s1. The molecule has 0 heterocycles. The van der Waals surface area contributed by atoms with Crippen LogP contribution in [0.4, 0.5) is 0 Å². The summed E-state index contributed by atoms with van der Waals surface area (Å²) in [5, 5.41) is 8.82. The Balaban J connectivity index is 2.80. The van der Waals surface area contributed by atoms with Gasteiger partial charge in [0.25, 0.3) is 5.91 Å². The fourth-order valence-corrected chi connectivity index (χ4v) is 1.90. The highest BCUT2D eigenvalue weighted by atomic mass is 79.9. The topological polar surface area (TPSA) is 57.6 Å². The van der Waals surface area contributed by atoms with Crippen LogP contribution in [0.25, 0.3) is 0 Å². The van der Waals surface area contributed by atoms with Crippen LogP contribution in [-0.2, 0) is 4.79 Å². The van der Waals surface area contributed by atoms with Gasteiger partial charge in [-0.3, -0.25) is 9.59 Å². The summed E-state index contributed by atoms with van der Waals surface area (Å²) >= 11 is 3.37. The fraction of sp³-hybridized carbons (Fsp3) is 0.385. The van der Waals surface area contributed by atoms with Crippen LogP contribution in [0.15, 0.2) is 22.7 Å². The lowest BCUT2D eigenvalue weighted by Crippen LogP contribution is -2.33. The molecular weight excluding hydrogens is 298 g/mol. The molecule has 1 N–H and O–H groups in total. The highest BCUT2D eigenvalue weighted by Gasteiger charge is 2.18. The number of hydrogen-bond donors (Lipinski definition) is 1. The molecule has 0 aliphatic rings. The van der Waals surface area contributed by atoms with Crippen molar-refractivity contribution in [3.63, 3.8) is 0 Å². The van der Waals surface area contributed by atoms with Crippen molar-refractivity contribution in [2.75, 3.05) is 13.6 Å². The summed E-state index contributed by atoms with van der Waals surface area (Å²) < 4.78 is 0.869. The fourth-order valence-electron chi connectivity index (χ4n) is 1.52. The highest BCUT2D eigenvalue weighted by Crippen LogP contribution is 2.18. The van der Waals surface area contributed by atoms with Crippen molar-refractivity contribution in [3.8, 4) is 0 Å². The molecule has 0 aliphatic heterocycles. The molecule has 1 atom stereocenters. The SMILES string of the molecule is Cc1ccc(C(=O)N(C)C[C@@H](C)C(=O)O)cc1Br. The van der Waals surface area contributed by atoms with Crippen LogP contribution in [0.5, 0.6) is 0 Å². The summed E-state index contributed by atoms with van der Waals surface area (Å²) in [6.45, 7) is 3.71. The molecule has 4 nitrogen and oxygen atoms in total. The normalized spacial score (nSPS) is 12.0. The Morgan fingerprint density at radius 2 is 2.06 bits per heavy atom. The molecule has 0 saturated heterocycles. The van der Waals surface area contributed by atoms with Gasteiger partial charge in [0.15, 0.2) is 0 Å². The Bertz CT molecular complexity index is 473. The first-order chi connectivity index (χ1) is 8.32. The Hall–Kier alpha value is -1.36. The van der Waals surface area contributed by atoms with Crippen molar-refractivity contribution < 1.29 is 14.7 Å². The van der Waals surface area contributed by atoms with Crippen molar-refractivity contribution in [2.45, 2.75) is 13.8 Å². The first-order valence-electron chi connectivity index (χ1n) is 5.57. The number of halogens is 1. The van der Waals surface area contributed by atoms with Gasteiger partial charge in [-0.05, 0) is 24.6 Å². The summed E-state index contributed by atoms with van der Waals surface area (Å²) in [6.07, 6.45) is 0. The second kappa shape index (κ2) is 6.00. The van der Waals surface area contributed by atoms with Crippen LogP contribution in [0.2, 0.25) is 0 Å². The summed E-state index contributed by atoms with van der Waals surface area (Å²) in [5.74, 6) is -1.66. The van der Waals surface area contributed by atoms with Crippen LogP contribution in [0, 0.1) is 12.8 Å². The lowest BCUT2D eigenvalue weighted by molar-refractivity contribution is -0.141. The summed E-state index contributed by atoms with van der Waals surface area (Å²) in [7, 11) is 1.61. The molecule has 0 radical (unpaired) electrons. The zero-order valence-electron chi connectivity index (χ0n) is 10.6. The van der Waals surface area contributed by atoms with Crippen molar-refractivity contribution in [1.29, 1.82) is 0 Å². The molecule has 0 aliphatic carbocycles. The van der Waals surface area contributed by atoms with E-state index in [1.165, 1.54) is 4.90 Å². The number of aryl methyl sites for hydroxylation is 1. The van der Waals surface area contributed by atoms with Gasteiger partial charge in [-0.15, -0.1) is 0 Å². The molecule has 18 heavy (non-hydrogen) atoms. The van der Waals surface area contributed by atoms with Gasteiger partial charge >= 0.3 is 5.97 Å². The molecule has 0 aromatic heterocycles. The Kier molecular flexibility index (Phi) is 4.90. The minimum Gasteiger partial charge on any atom is -0.481 e. The molecule has 0 spiro atoms. The minimum atomic E-state index is -0.903. The third-order valence-electron chi connectivity index (χ3n) is 2.73. The first kappa shape index (κ1) is 14.7. The first-order valence-corrected chi connectivity index (χ1v) is 6.36. The van der Waals surface area contributed by atoms with Crippen LogP contribution in [0.3, 0.4) is 0 Å². The lowest BCUT2D eigenvalue weighted by Gasteiger charge is -2.19. The molecule has 1 aromatic rings. The van der Waals surface area contributed by atoms with Gasteiger partial charge in [0, 0.05) is 23.6 Å².